The lowest BCUT2D eigenvalue weighted by Gasteiger charge is -2.35. The highest BCUT2D eigenvalue weighted by molar-refractivity contribution is 5.76. The van der Waals surface area contributed by atoms with Crippen molar-refractivity contribution in [1.29, 1.82) is 0 Å². The normalized spacial score (nSPS) is 17.7. The van der Waals surface area contributed by atoms with Gasteiger partial charge in [0.2, 0.25) is 0 Å². The molecule has 1 atom stereocenters. The topological polar surface area (TPSA) is 73.9 Å². The summed E-state index contributed by atoms with van der Waals surface area (Å²) in [6.07, 6.45) is 5.98. The number of hydrogen-bond donors (Lipinski definition) is 2. The van der Waals surface area contributed by atoms with Gasteiger partial charge in [-0.15, -0.1) is 0 Å². The Hall–Kier alpha value is -2.37. The average molecular weight is 285 g/mol. The Balaban J connectivity index is 1.98. The van der Waals surface area contributed by atoms with E-state index >= 15 is 0 Å². The number of amides is 2. The van der Waals surface area contributed by atoms with Crippen LogP contribution in [0, 0.1) is 0 Å². The van der Waals surface area contributed by atoms with E-state index in [0.29, 0.717) is 6.54 Å². The molecule has 2 amide bonds. The van der Waals surface area contributed by atoms with Gasteiger partial charge >= 0.3 is 6.03 Å². The molecule has 1 aliphatic rings. The second kappa shape index (κ2) is 5.55. The van der Waals surface area contributed by atoms with Gasteiger partial charge in [-0.25, -0.2) is 9.78 Å². The third kappa shape index (κ3) is 2.61. The largest absolute Gasteiger partial charge is 0.348 e. The van der Waals surface area contributed by atoms with E-state index < -0.39 is 0 Å². The van der Waals surface area contributed by atoms with Crippen LogP contribution in [0.5, 0.6) is 0 Å². The van der Waals surface area contributed by atoms with E-state index in [1.54, 1.807) is 18.7 Å². The number of nitrogens with zero attached hydrogens (tertiary/aromatic N) is 3. The summed E-state index contributed by atoms with van der Waals surface area (Å²) >= 11 is 0. The summed E-state index contributed by atoms with van der Waals surface area (Å²) in [5, 5.41) is 2.97. The Kier molecular flexibility index (Phi) is 3.60. The SMILES string of the molecule is CC(C)NC(=O)N1CCc2[nH]cnc2[C@@H]1c1ccncc1. The number of H-pyrrole nitrogens is 1. The third-order valence-electron chi connectivity index (χ3n) is 3.62. The van der Waals surface area contributed by atoms with Crippen LogP contribution in [0.2, 0.25) is 0 Å². The molecule has 110 valence electrons. The van der Waals surface area contributed by atoms with Gasteiger partial charge in [-0.1, -0.05) is 0 Å². The highest BCUT2D eigenvalue weighted by atomic mass is 16.2. The quantitative estimate of drug-likeness (QED) is 0.884. The molecule has 0 spiro atoms. The first-order chi connectivity index (χ1) is 10.2. The fraction of sp³-hybridized carbons (Fsp3) is 0.400. The number of nitrogens with one attached hydrogen (secondary N) is 2. The van der Waals surface area contributed by atoms with Gasteiger partial charge < -0.3 is 15.2 Å². The standard InChI is InChI=1S/C15H19N5O/c1-10(2)19-15(21)20-8-5-12-13(18-9-17-12)14(20)11-3-6-16-7-4-11/h3-4,6-7,9-10,14H,5,8H2,1-2H3,(H,17,18)(H,19,21)/t14-/m0/s1. The van der Waals surface area contributed by atoms with Gasteiger partial charge in [-0.3, -0.25) is 4.98 Å². The van der Waals surface area contributed by atoms with E-state index in [9.17, 15) is 4.79 Å². The Morgan fingerprint density at radius 3 is 2.90 bits per heavy atom. The van der Waals surface area contributed by atoms with Gasteiger partial charge in [0, 0.05) is 37.1 Å². The predicted octanol–water partition coefficient (Wildman–Crippen LogP) is 1.87. The molecule has 0 saturated heterocycles. The molecule has 0 aromatic carbocycles. The van der Waals surface area contributed by atoms with Gasteiger partial charge in [0.1, 0.15) is 6.04 Å². The van der Waals surface area contributed by atoms with Crippen LogP contribution < -0.4 is 5.32 Å². The van der Waals surface area contributed by atoms with E-state index in [0.717, 1.165) is 23.4 Å². The second-order valence-corrected chi connectivity index (χ2v) is 5.50. The number of carbonyl (C=O) groups is 1. The highest BCUT2D eigenvalue weighted by Crippen LogP contribution is 2.32. The van der Waals surface area contributed by atoms with Crippen molar-refractivity contribution in [1.82, 2.24) is 25.2 Å². The van der Waals surface area contributed by atoms with Crippen molar-refractivity contribution in [3.05, 3.63) is 47.8 Å². The van der Waals surface area contributed by atoms with E-state index in [-0.39, 0.29) is 18.1 Å². The molecule has 0 saturated carbocycles. The van der Waals surface area contributed by atoms with Crippen molar-refractivity contribution >= 4 is 6.03 Å². The number of fused-ring (bicyclic) bond motifs is 1. The summed E-state index contributed by atoms with van der Waals surface area (Å²) in [5.41, 5.74) is 3.05. The van der Waals surface area contributed by atoms with Crippen LogP contribution in [0.25, 0.3) is 0 Å². The van der Waals surface area contributed by atoms with Crippen LogP contribution in [0.15, 0.2) is 30.9 Å². The lowest BCUT2D eigenvalue weighted by atomic mass is 9.97. The smallest absolute Gasteiger partial charge is 0.318 e. The lowest BCUT2D eigenvalue weighted by molar-refractivity contribution is 0.176. The highest BCUT2D eigenvalue weighted by Gasteiger charge is 2.34. The first-order valence-corrected chi connectivity index (χ1v) is 7.16. The second-order valence-electron chi connectivity index (χ2n) is 5.50. The number of pyridine rings is 1. The molecule has 0 fully saturated rings. The van der Waals surface area contributed by atoms with Gasteiger partial charge in [-0.05, 0) is 31.5 Å². The number of aromatic nitrogens is 3. The van der Waals surface area contributed by atoms with Crippen molar-refractivity contribution in [2.45, 2.75) is 32.4 Å². The zero-order chi connectivity index (χ0) is 14.8. The molecule has 2 aromatic rings. The summed E-state index contributed by atoms with van der Waals surface area (Å²) in [7, 11) is 0. The molecule has 0 radical (unpaired) electrons. The minimum Gasteiger partial charge on any atom is -0.348 e. The fourth-order valence-electron chi connectivity index (χ4n) is 2.71. The molecule has 3 heterocycles. The summed E-state index contributed by atoms with van der Waals surface area (Å²) in [6.45, 7) is 4.59. The minimum atomic E-state index is -0.165. The third-order valence-corrected chi connectivity index (χ3v) is 3.62. The van der Waals surface area contributed by atoms with Crippen LogP contribution in [-0.4, -0.2) is 38.5 Å². The van der Waals surface area contributed by atoms with E-state index in [1.807, 2.05) is 30.9 Å². The molecule has 21 heavy (non-hydrogen) atoms. The predicted molar refractivity (Wildman–Crippen MR) is 78.7 cm³/mol. The Bertz CT molecular complexity index is 622. The molecule has 6 heteroatoms. The van der Waals surface area contributed by atoms with Crippen molar-refractivity contribution in [2.75, 3.05) is 6.54 Å². The van der Waals surface area contributed by atoms with E-state index in [4.69, 9.17) is 0 Å². The van der Waals surface area contributed by atoms with E-state index in [1.165, 1.54) is 0 Å². The molecule has 1 aliphatic heterocycles. The Labute approximate surface area is 123 Å². The lowest BCUT2D eigenvalue weighted by Crippen LogP contribution is -2.48. The van der Waals surface area contributed by atoms with Gasteiger partial charge in [0.15, 0.2) is 0 Å². The van der Waals surface area contributed by atoms with Crippen molar-refractivity contribution in [2.24, 2.45) is 0 Å². The molecule has 2 aromatic heterocycles. The summed E-state index contributed by atoms with van der Waals surface area (Å²) in [4.78, 5) is 26.0. The van der Waals surface area contributed by atoms with Crippen molar-refractivity contribution < 1.29 is 4.79 Å². The van der Waals surface area contributed by atoms with Gasteiger partial charge in [-0.2, -0.15) is 0 Å². The molecule has 3 rings (SSSR count). The maximum Gasteiger partial charge on any atom is 0.318 e. The first-order valence-electron chi connectivity index (χ1n) is 7.16. The number of hydrogen-bond acceptors (Lipinski definition) is 3. The van der Waals surface area contributed by atoms with Crippen molar-refractivity contribution in [3.8, 4) is 0 Å². The van der Waals surface area contributed by atoms with Gasteiger partial charge in [0.05, 0.1) is 12.0 Å². The van der Waals surface area contributed by atoms with Crippen molar-refractivity contribution in [3.63, 3.8) is 0 Å². The molecular formula is C15H19N5O. The summed E-state index contributed by atoms with van der Waals surface area (Å²) in [6, 6.07) is 3.76. The zero-order valence-electron chi connectivity index (χ0n) is 12.2. The molecular weight excluding hydrogens is 266 g/mol. The molecule has 0 aliphatic carbocycles. The minimum absolute atomic E-state index is 0.0551. The zero-order valence-corrected chi connectivity index (χ0v) is 12.2. The van der Waals surface area contributed by atoms with Crippen LogP contribution in [-0.2, 0) is 6.42 Å². The van der Waals surface area contributed by atoms with Gasteiger partial charge in [0.25, 0.3) is 0 Å². The van der Waals surface area contributed by atoms with Crippen LogP contribution in [0.4, 0.5) is 4.79 Å². The number of urea groups is 1. The Morgan fingerprint density at radius 2 is 2.19 bits per heavy atom. The number of aromatic amines is 1. The molecule has 2 N–H and O–H groups in total. The number of rotatable bonds is 2. The molecule has 0 unspecified atom stereocenters. The molecule has 6 nitrogen and oxygen atoms in total. The van der Waals surface area contributed by atoms with E-state index in [2.05, 4.69) is 20.3 Å². The fourth-order valence-corrected chi connectivity index (χ4v) is 2.71. The Morgan fingerprint density at radius 1 is 1.43 bits per heavy atom. The first kappa shape index (κ1) is 13.6. The molecule has 0 bridgehead atoms. The summed E-state index contributed by atoms with van der Waals surface area (Å²) < 4.78 is 0. The maximum absolute atomic E-state index is 12.5. The number of imidazole rings is 1. The van der Waals surface area contributed by atoms with Crippen LogP contribution in [0.3, 0.4) is 0 Å². The maximum atomic E-state index is 12.5. The van der Waals surface area contributed by atoms with Crippen LogP contribution >= 0.6 is 0 Å². The summed E-state index contributed by atoms with van der Waals surface area (Å²) in [5.74, 6) is 0. The average Bonchev–Trinajstić information content (AvgIpc) is 2.94. The monoisotopic (exact) mass is 285 g/mol. The van der Waals surface area contributed by atoms with Crippen LogP contribution in [0.1, 0.15) is 36.8 Å². The number of carbonyl (C=O) groups excluding carboxylic acids is 1.